The maximum absolute atomic E-state index is 14.1. The Hall–Kier alpha value is -2.94. The summed E-state index contributed by atoms with van der Waals surface area (Å²) in [6.07, 6.45) is 2.63. The van der Waals surface area contributed by atoms with E-state index in [1.807, 2.05) is 6.07 Å². The first-order valence-electron chi connectivity index (χ1n) is 12.5. The Balaban J connectivity index is 1.30. The van der Waals surface area contributed by atoms with Gasteiger partial charge in [-0.2, -0.15) is 13.2 Å². The summed E-state index contributed by atoms with van der Waals surface area (Å²) < 4.78 is 52.9. The molecule has 4 rings (SSSR count). The van der Waals surface area contributed by atoms with Crippen molar-refractivity contribution in [2.75, 3.05) is 18.4 Å². The molecule has 2 N–H and O–H groups in total. The van der Waals surface area contributed by atoms with Crippen LogP contribution in [0.25, 0.3) is 0 Å². The van der Waals surface area contributed by atoms with Gasteiger partial charge in [0.05, 0.1) is 11.1 Å². The third-order valence-corrected chi connectivity index (χ3v) is 7.04. The highest BCUT2D eigenvalue weighted by molar-refractivity contribution is 6.04. The first-order chi connectivity index (χ1) is 17.2. The van der Waals surface area contributed by atoms with E-state index in [0.29, 0.717) is 36.5 Å². The zero-order chi connectivity index (χ0) is 25.7. The van der Waals surface area contributed by atoms with Crippen molar-refractivity contribution in [3.8, 4) is 0 Å². The van der Waals surface area contributed by atoms with E-state index >= 15 is 0 Å². The number of carbonyl (C=O) groups excluding carboxylic acids is 2. The van der Waals surface area contributed by atoms with Crippen LogP contribution < -0.4 is 10.6 Å². The monoisotopic (exact) mass is 505 g/mol. The lowest BCUT2D eigenvalue weighted by molar-refractivity contribution is -0.137. The number of piperidine rings is 1. The molecule has 1 aliphatic heterocycles. The lowest BCUT2D eigenvalue weighted by Gasteiger charge is -2.32. The SMILES string of the molecule is O=C(Nc1cccc(CN2CCC(C(=O)NC3CCCCC3)CC2)c1)c1cc(C(F)(F)F)ccc1F. The number of benzene rings is 2. The first kappa shape index (κ1) is 26.1. The van der Waals surface area contributed by atoms with Crippen molar-refractivity contribution in [1.82, 2.24) is 10.2 Å². The highest BCUT2D eigenvalue weighted by atomic mass is 19.4. The highest BCUT2D eigenvalue weighted by Gasteiger charge is 2.32. The Bertz CT molecular complexity index is 1070. The van der Waals surface area contributed by atoms with Crippen molar-refractivity contribution in [3.63, 3.8) is 0 Å². The molecule has 1 saturated heterocycles. The van der Waals surface area contributed by atoms with Crippen LogP contribution in [0.15, 0.2) is 42.5 Å². The van der Waals surface area contributed by atoms with Gasteiger partial charge in [0.1, 0.15) is 5.82 Å². The summed E-state index contributed by atoms with van der Waals surface area (Å²) in [5.41, 5.74) is -0.471. The van der Waals surface area contributed by atoms with Crippen LogP contribution in [0.5, 0.6) is 0 Å². The highest BCUT2D eigenvalue weighted by Crippen LogP contribution is 2.30. The summed E-state index contributed by atoms with van der Waals surface area (Å²) in [5.74, 6) is -1.78. The average molecular weight is 506 g/mol. The molecule has 0 atom stereocenters. The number of likely N-dealkylation sites (tertiary alicyclic amines) is 1. The number of halogens is 4. The summed E-state index contributed by atoms with van der Waals surface area (Å²) >= 11 is 0. The van der Waals surface area contributed by atoms with Crippen molar-refractivity contribution < 1.29 is 27.2 Å². The summed E-state index contributed by atoms with van der Waals surface area (Å²) in [4.78, 5) is 27.4. The van der Waals surface area contributed by atoms with Crippen LogP contribution in [0.4, 0.5) is 23.2 Å². The smallest absolute Gasteiger partial charge is 0.353 e. The van der Waals surface area contributed by atoms with Gasteiger partial charge in [-0.05, 0) is 74.7 Å². The zero-order valence-corrected chi connectivity index (χ0v) is 20.0. The number of nitrogens with zero attached hydrogens (tertiary/aromatic N) is 1. The molecule has 0 unspecified atom stereocenters. The van der Waals surface area contributed by atoms with Crippen LogP contribution in [0, 0.1) is 11.7 Å². The van der Waals surface area contributed by atoms with Crippen molar-refractivity contribution >= 4 is 17.5 Å². The number of hydrogen-bond acceptors (Lipinski definition) is 3. The van der Waals surface area contributed by atoms with Gasteiger partial charge in [0.25, 0.3) is 5.91 Å². The quantitative estimate of drug-likeness (QED) is 0.491. The number of carbonyl (C=O) groups is 2. The maximum Gasteiger partial charge on any atom is 0.416 e. The number of amides is 2. The minimum absolute atomic E-state index is 0.0242. The number of alkyl halides is 3. The Morgan fingerprint density at radius 3 is 2.36 bits per heavy atom. The fraction of sp³-hybridized carbons (Fsp3) is 0.481. The maximum atomic E-state index is 14.1. The van der Waals surface area contributed by atoms with Gasteiger partial charge >= 0.3 is 6.18 Å². The van der Waals surface area contributed by atoms with Gasteiger partial charge in [-0.25, -0.2) is 4.39 Å². The van der Waals surface area contributed by atoms with E-state index < -0.39 is 29.0 Å². The first-order valence-corrected chi connectivity index (χ1v) is 12.5. The molecular weight excluding hydrogens is 474 g/mol. The second-order valence-electron chi connectivity index (χ2n) is 9.74. The molecule has 194 valence electrons. The number of nitrogens with one attached hydrogen (secondary N) is 2. The van der Waals surface area contributed by atoms with Crippen LogP contribution in [0.2, 0.25) is 0 Å². The van der Waals surface area contributed by atoms with Crippen LogP contribution >= 0.6 is 0 Å². The molecule has 9 heteroatoms. The molecule has 36 heavy (non-hydrogen) atoms. The van der Waals surface area contributed by atoms with Crippen molar-refractivity contribution in [3.05, 3.63) is 65.0 Å². The normalized spacial score (nSPS) is 18.1. The molecule has 1 aliphatic carbocycles. The summed E-state index contributed by atoms with van der Waals surface area (Å²) in [7, 11) is 0. The molecule has 2 aromatic rings. The van der Waals surface area contributed by atoms with E-state index in [-0.39, 0.29) is 11.8 Å². The molecule has 2 fully saturated rings. The fourth-order valence-corrected chi connectivity index (χ4v) is 5.00. The van der Waals surface area contributed by atoms with E-state index in [9.17, 15) is 27.2 Å². The Morgan fingerprint density at radius 1 is 0.944 bits per heavy atom. The van der Waals surface area contributed by atoms with Gasteiger partial charge in [-0.1, -0.05) is 31.4 Å². The van der Waals surface area contributed by atoms with Gasteiger partial charge < -0.3 is 10.6 Å². The van der Waals surface area contributed by atoms with E-state index in [1.165, 1.54) is 19.3 Å². The van der Waals surface area contributed by atoms with Gasteiger partial charge in [0.15, 0.2) is 0 Å². The van der Waals surface area contributed by atoms with Crippen molar-refractivity contribution in [2.24, 2.45) is 5.92 Å². The van der Waals surface area contributed by atoms with E-state index in [1.54, 1.807) is 18.2 Å². The van der Waals surface area contributed by atoms with E-state index in [4.69, 9.17) is 0 Å². The topological polar surface area (TPSA) is 61.4 Å². The minimum Gasteiger partial charge on any atom is -0.353 e. The van der Waals surface area contributed by atoms with E-state index in [0.717, 1.165) is 44.3 Å². The zero-order valence-electron chi connectivity index (χ0n) is 20.0. The molecule has 0 spiro atoms. The van der Waals surface area contributed by atoms with Crippen molar-refractivity contribution in [2.45, 2.75) is 63.7 Å². The van der Waals surface area contributed by atoms with Crippen LogP contribution in [0.1, 0.15) is 66.4 Å². The molecule has 0 bridgehead atoms. The van der Waals surface area contributed by atoms with Crippen LogP contribution in [-0.4, -0.2) is 35.8 Å². The molecule has 2 aliphatic rings. The van der Waals surface area contributed by atoms with Crippen molar-refractivity contribution in [1.29, 1.82) is 0 Å². The largest absolute Gasteiger partial charge is 0.416 e. The minimum atomic E-state index is -4.67. The third-order valence-electron chi connectivity index (χ3n) is 7.04. The molecule has 2 amide bonds. The molecule has 0 radical (unpaired) electrons. The lowest BCUT2D eigenvalue weighted by atomic mass is 9.92. The lowest BCUT2D eigenvalue weighted by Crippen LogP contribution is -2.44. The molecule has 5 nitrogen and oxygen atoms in total. The Kier molecular flexibility index (Phi) is 8.28. The van der Waals surface area contributed by atoms with Gasteiger partial charge in [-0.3, -0.25) is 14.5 Å². The number of anilines is 1. The fourth-order valence-electron chi connectivity index (χ4n) is 5.00. The van der Waals surface area contributed by atoms with E-state index in [2.05, 4.69) is 15.5 Å². The number of rotatable bonds is 6. The molecule has 0 aromatic heterocycles. The van der Waals surface area contributed by atoms with Gasteiger partial charge in [0.2, 0.25) is 5.91 Å². The molecule has 2 aromatic carbocycles. The second kappa shape index (κ2) is 11.4. The Labute approximate surface area is 208 Å². The van der Waals surface area contributed by atoms with Crippen LogP contribution in [0.3, 0.4) is 0 Å². The second-order valence-corrected chi connectivity index (χ2v) is 9.74. The third kappa shape index (κ3) is 6.84. The van der Waals surface area contributed by atoms with Crippen LogP contribution in [-0.2, 0) is 17.5 Å². The molecule has 1 saturated carbocycles. The van der Waals surface area contributed by atoms with Gasteiger partial charge in [0, 0.05) is 24.2 Å². The number of hydrogen-bond donors (Lipinski definition) is 2. The molecule has 1 heterocycles. The Morgan fingerprint density at radius 2 is 1.67 bits per heavy atom. The summed E-state index contributed by atoms with van der Waals surface area (Å²) in [6, 6.07) is 9.04. The predicted molar refractivity (Wildman–Crippen MR) is 129 cm³/mol. The summed E-state index contributed by atoms with van der Waals surface area (Å²) in [5, 5.41) is 5.72. The molecular formula is C27H31F4N3O2. The predicted octanol–water partition coefficient (Wildman–Crippen LogP) is 5.76. The average Bonchev–Trinajstić information content (AvgIpc) is 2.85. The summed E-state index contributed by atoms with van der Waals surface area (Å²) in [6.45, 7) is 2.15. The van der Waals surface area contributed by atoms with Gasteiger partial charge in [-0.15, -0.1) is 0 Å². The standard InChI is InChI=1S/C27H31F4N3O2/c28-24-10-9-20(27(29,30)31)16-23(24)26(36)33-22-8-4-5-18(15-22)17-34-13-11-19(12-14-34)25(35)32-21-6-2-1-3-7-21/h4-5,8-10,15-16,19,21H,1-3,6-7,11-14,17H2,(H,32,35)(H,33,36).